The van der Waals surface area contributed by atoms with Crippen molar-refractivity contribution in [3.8, 4) is 0 Å². The fraction of sp³-hybridized carbons (Fsp3) is 0.500. The van der Waals surface area contributed by atoms with E-state index in [-0.39, 0.29) is 12.1 Å². The summed E-state index contributed by atoms with van der Waals surface area (Å²) in [6.45, 7) is 5.68. The Kier molecular flexibility index (Phi) is 3.85. The quantitative estimate of drug-likeness (QED) is 0.834. The maximum absolute atomic E-state index is 12.1. The van der Waals surface area contributed by atoms with Crippen molar-refractivity contribution in [2.45, 2.75) is 19.9 Å². The number of rotatable bonds is 3. The summed E-state index contributed by atoms with van der Waals surface area (Å²) in [5.74, 6) is 0.708. The van der Waals surface area contributed by atoms with Gasteiger partial charge in [0.25, 0.3) is 0 Å². The van der Waals surface area contributed by atoms with Gasteiger partial charge in [0.15, 0.2) is 0 Å². The summed E-state index contributed by atoms with van der Waals surface area (Å²) in [5, 5.41) is 0. The topological polar surface area (TPSA) is 23.6 Å². The van der Waals surface area contributed by atoms with Crippen LogP contribution in [0.5, 0.6) is 0 Å². The fourth-order valence-electron chi connectivity index (χ4n) is 2.58. The van der Waals surface area contributed by atoms with Crippen molar-refractivity contribution >= 4 is 18.7 Å². The van der Waals surface area contributed by atoms with Crippen molar-refractivity contribution in [1.82, 2.24) is 9.80 Å². The lowest BCUT2D eigenvalue weighted by atomic mass is 9.99. The molecule has 0 bridgehead atoms. The molecule has 0 radical (unpaired) electrons. The molecule has 1 aromatic rings. The first-order chi connectivity index (χ1) is 8.54. The zero-order valence-corrected chi connectivity index (χ0v) is 12.1. The normalized spacial score (nSPS) is 19.8. The Labute approximate surface area is 114 Å². The van der Waals surface area contributed by atoms with Crippen molar-refractivity contribution in [3.05, 3.63) is 34.9 Å². The number of likely N-dealkylation sites (N-methyl/N-ethyl adjacent to an activating group) is 1. The molecule has 0 aliphatic carbocycles. The Morgan fingerprint density at radius 1 is 1.39 bits per heavy atom. The lowest BCUT2D eigenvalue weighted by Gasteiger charge is -2.20. The molecule has 2 amide bonds. The Morgan fingerprint density at radius 3 is 2.72 bits per heavy atom. The predicted octanol–water partition coefficient (Wildman–Crippen LogP) is 2.64. The van der Waals surface area contributed by atoms with Crippen molar-refractivity contribution in [3.63, 3.8) is 0 Å². The number of hydrogen-bond donors (Lipinski definition) is 1. The molecule has 1 unspecified atom stereocenters. The minimum absolute atomic E-state index is 0.106. The van der Waals surface area contributed by atoms with E-state index < -0.39 is 0 Å². The highest BCUT2D eigenvalue weighted by Crippen LogP contribution is 2.30. The van der Waals surface area contributed by atoms with Crippen molar-refractivity contribution < 1.29 is 4.79 Å². The lowest BCUT2D eigenvalue weighted by Crippen LogP contribution is -2.31. The molecule has 3 nitrogen and oxygen atoms in total. The lowest BCUT2D eigenvalue weighted by molar-refractivity contribution is 0.197. The zero-order chi connectivity index (χ0) is 13.3. The third-order valence-electron chi connectivity index (χ3n) is 3.59. The van der Waals surface area contributed by atoms with Crippen molar-refractivity contribution in [1.29, 1.82) is 0 Å². The molecule has 18 heavy (non-hydrogen) atoms. The Morgan fingerprint density at radius 2 is 2.11 bits per heavy atom. The third kappa shape index (κ3) is 2.34. The number of nitrogens with zero attached hydrogens (tertiary/aromatic N) is 2. The Hall–Kier alpha value is -1.16. The van der Waals surface area contributed by atoms with E-state index in [1.165, 1.54) is 16.7 Å². The smallest absolute Gasteiger partial charge is 0.320 e. The van der Waals surface area contributed by atoms with E-state index in [0.29, 0.717) is 12.3 Å². The summed E-state index contributed by atoms with van der Waals surface area (Å²) in [6.07, 6.45) is 0. The average Bonchev–Trinajstić information content (AvgIpc) is 2.58. The van der Waals surface area contributed by atoms with Gasteiger partial charge in [-0.3, -0.25) is 0 Å². The number of aryl methyl sites for hydroxylation is 2. The van der Waals surface area contributed by atoms with Gasteiger partial charge in [0.1, 0.15) is 0 Å². The number of carbonyl (C=O) groups excluding carboxylic acids is 1. The van der Waals surface area contributed by atoms with E-state index in [1.54, 1.807) is 0 Å². The summed E-state index contributed by atoms with van der Waals surface area (Å²) >= 11 is 4.20. The van der Waals surface area contributed by atoms with Crippen LogP contribution >= 0.6 is 12.6 Å². The summed E-state index contributed by atoms with van der Waals surface area (Å²) in [5.41, 5.74) is 3.76. The summed E-state index contributed by atoms with van der Waals surface area (Å²) in [4.78, 5) is 15.8. The van der Waals surface area contributed by atoms with Gasteiger partial charge in [-0.05, 0) is 25.0 Å². The van der Waals surface area contributed by atoms with Gasteiger partial charge in [0, 0.05) is 25.9 Å². The van der Waals surface area contributed by atoms with Crippen LogP contribution in [-0.4, -0.2) is 41.7 Å². The van der Waals surface area contributed by atoms with Crippen LogP contribution in [0.25, 0.3) is 0 Å². The molecule has 0 saturated carbocycles. The van der Waals surface area contributed by atoms with Gasteiger partial charge in [-0.2, -0.15) is 12.6 Å². The van der Waals surface area contributed by atoms with E-state index >= 15 is 0 Å². The van der Waals surface area contributed by atoms with Gasteiger partial charge in [0.05, 0.1) is 6.04 Å². The predicted molar refractivity (Wildman–Crippen MR) is 77.2 cm³/mol. The molecule has 0 aromatic heterocycles. The van der Waals surface area contributed by atoms with E-state index in [0.717, 1.165) is 6.54 Å². The Bertz CT molecular complexity index is 461. The minimum Gasteiger partial charge on any atom is -0.321 e. The van der Waals surface area contributed by atoms with Crippen LogP contribution in [0, 0.1) is 13.8 Å². The van der Waals surface area contributed by atoms with Crippen LogP contribution < -0.4 is 0 Å². The van der Waals surface area contributed by atoms with Gasteiger partial charge < -0.3 is 9.80 Å². The number of amides is 2. The van der Waals surface area contributed by atoms with Crippen LogP contribution in [0.2, 0.25) is 0 Å². The second-order valence-electron chi connectivity index (χ2n) is 4.94. The molecule has 0 N–H and O–H groups in total. The highest BCUT2D eigenvalue weighted by atomic mass is 32.1. The molecule has 4 heteroatoms. The third-order valence-corrected chi connectivity index (χ3v) is 3.79. The zero-order valence-electron chi connectivity index (χ0n) is 11.2. The first-order valence-corrected chi connectivity index (χ1v) is 6.87. The molecule has 1 saturated heterocycles. The van der Waals surface area contributed by atoms with Crippen LogP contribution in [-0.2, 0) is 0 Å². The summed E-state index contributed by atoms with van der Waals surface area (Å²) in [7, 11) is 1.88. The fourth-order valence-corrected chi connectivity index (χ4v) is 2.82. The number of thiol groups is 1. The summed E-state index contributed by atoms with van der Waals surface area (Å²) in [6, 6.07) is 6.70. The van der Waals surface area contributed by atoms with Crippen LogP contribution in [0.4, 0.5) is 4.79 Å². The second kappa shape index (κ2) is 5.22. The molecule has 1 aromatic carbocycles. The van der Waals surface area contributed by atoms with Gasteiger partial charge in [0.2, 0.25) is 0 Å². The molecule has 1 fully saturated rings. The van der Waals surface area contributed by atoms with Gasteiger partial charge in [-0.15, -0.1) is 0 Å². The minimum atomic E-state index is 0.106. The molecule has 98 valence electrons. The first-order valence-electron chi connectivity index (χ1n) is 6.24. The maximum atomic E-state index is 12.1. The molecular formula is C14H20N2OS. The van der Waals surface area contributed by atoms with Crippen LogP contribution in [0.1, 0.15) is 22.7 Å². The van der Waals surface area contributed by atoms with E-state index in [4.69, 9.17) is 0 Å². The van der Waals surface area contributed by atoms with Gasteiger partial charge >= 0.3 is 6.03 Å². The van der Waals surface area contributed by atoms with Gasteiger partial charge in [-0.1, -0.05) is 23.8 Å². The first kappa shape index (κ1) is 13.3. The number of carbonyl (C=O) groups is 1. The molecule has 1 heterocycles. The van der Waals surface area contributed by atoms with Gasteiger partial charge in [-0.25, -0.2) is 4.79 Å². The SMILES string of the molecule is Cc1ccc(C2CN(CCS)C(=O)N2C)c(C)c1. The Balaban J connectivity index is 2.26. The molecular weight excluding hydrogens is 244 g/mol. The molecule has 1 aliphatic heterocycles. The van der Waals surface area contributed by atoms with E-state index in [2.05, 4.69) is 44.7 Å². The highest BCUT2D eigenvalue weighted by Gasteiger charge is 2.35. The largest absolute Gasteiger partial charge is 0.321 e. The van der Waals surface area contributed by atoms with E-state index in [1.807, 2.05) is 16.8 Å². The molecule has 1 atom stereocenters. The standard InChI is InChI=1S/C14H20N2OS/c1-10-4-5-12(11(2)8-10)13-9-16(6-7-18)14(17)15(13)3/h4-5,8,13,18H,6-7,9H2,1-3H3. The monoisotopic (exact) mass is 264 g/mol. The second-order valence-corrected chi connectivity index (χ2v) is 5.39. The van der Waals surface area contributed by atoms with Crippen LogP contribution in [0.15, 0.2) is 18.2 Å². The average molecular weight is 264 g/mol. The summed E-state index contributed by atoms with van der Waals surface area (Å²) < 4.78 is 0. The molecule has 0 spiro atoms. The van der Waals surface area contributed by atoms with Crippen molar-refractivity contribution in [2.75, 3.05) is 25.9 Å². The van der Waals surface area contributed by atoms with Crippen LogP contribution in [0.3, 0.4) is 0 Å². The van der Waals surface area contributed by atoms with E-state index in [9.17, 15) is 4.79 Å². The van der Waals surface area contributed by atoms with Crippen molar-refractivity contribution in [2.24, 2.45) is 0 Å². The molecule has 1 aliphatic rings. The highest BCUT2D eigenvalue weighted by molar-refractivity contribution is 7.80. The molecule has 2 rings (SSSR count). The number of hydrogen-bond acceptors (Lipinski definition) is 2. The number of benzene rings is 1. The maximum Gasteiger partial charge on any atom is 0.320 e. The number of urea groups is 1.